The van der Waals surface area contributed by atoms with Crippen LogP contribution in [0.15, 0.2) is 72.8 Å². The van der Waals surface area contributed by atoms with Crippen LogP contribution < -0.4 is 9.05 Å². The van der Waals surface area contributed by atoms with Crippen molar-refractivity contribution in [3.05, 3.63) is 72.8 Å². The molecule has 9 nitrogen and oxygen atoms in total. The Labute approximate surface area is 232 Å². The van der Waals surface area contributed by atoms with E-state index >= 15 is 0 Å². The number of unbranched alkanes of at least 4 members (excludes halogenated alkanes) is 2. The summed E-state index contributed by atoms with van der Waals surface area (Å²) in [6.07, 6.45) is 5.07. The molecular formula is C29H42NO8P. The molecule has 3 rings (SSSR count). The van der Waals surface area contributed by atoms with E-state index in [2.05, 4.69) is 6.92 Å². The second kappa shape index (κ2) is 15.0. The third kappa shape index (κ3) is 10.6. The number of hydrogen-bond donors (Lipinski definition) is 1. The van der Waals surface area contributed by atoms with Crippen molar-refractivity contribution < 1.29 is 37.5 Å². The predicted octanol–water partition coefficient (Wildman–Crippen LogP) is 6.99. The third-order valence-corrected chi connectivity index (χ3v) is 7.05. The normalized spacial score (nSPS) is 16.1. The molecule has 1 aliphatic heterocycles. The third-order valence-electron chi connectivity index (χ3n) is 5.60. The molecule has 10 heteroatoms. The Morgan fingerprint density at radius 1 is 0.949 bits per heavy atom. The Hall–Kier alpha value is -3.00. The van der Waals surface area contributed by atoms with Gasteiger partial charge in [-0.15, -0.1) is 0 Å². The summed E-state index contributed by atoms with van der Waals surface area (Å²) in [4.78, 5) is 26.4. The molecule has 1 N–H and O–H groups in total. The van der Waals surface area contributed by atoms with E-state index in [1.807, 2.05) is 12.1 Å². The number of amides is 1. The molecule has 2 aromatic rings. The van der Waals surface area contributed by atoms with Crippen molar-refractivity contribution in [2.75, 3.05) is 19.8 Å². The Balaban J connectivity index is 1.80. The number of nitrogens with zero attached hydrogens (tertiary/aromatic N) is 1. The number of ether oxygens (including phenoxy) is 3. The van der Waals surface area contributed by atoms with Crippen molar-refractivity contribution in [2.24, 2.45) is 0 Å². The maximum atomic E-state index is 13.4. The summed E-state index contributed by atoms with van der Waals surface area (Å²) in [5.74, 6) is 0.660. The summed E-state index contributed by atoms with van der Waals surface area (Å²) in [5, 5.41) is 0. The van der Waals surface area contributed by atoms with Crippen molar-refractivity contribution in [3.8, 4) is 11.5 Å². The fraction of sp³-hybridized carbons (Fsp3) is 0.483. The van der Waals surface area contributed by atoms with Gasteiger partial charge in [-0.3, -0.25) is 0 Å². The van der Waals surface area contributed by atoms with Gasteiger partial charge in [0.1, 0.15) is 0 Å². The first-order valence-electron chi connectivity index (χ1n) is 13.5. The molecule has 0 radical (unpaired) electrons. The van der Waals surface area contributed by atoms with Crippen LogP contribution in [-0.2, 0) is 18.7 Å². The molecule has 39 heavy (non-hydrogen) atoms. The minimum atomic E-state index is -4.47. The van der Waals surface area contributed by atoms with Gasteiger partial charge in [0, 0.05) is 0 Å². The number of hydrogen-bond acceptors (Lipinski definition) is 8. The average Bonchev–Trinajstić information content (AvgIpc) is 2.88. The van der Waals surface area contributed by atoms with Crippen LogP contribution in [0.5, 0.6) is 11.5 Å². The van der Waals surface area contributed by atoms with E-state index in [-0.39, 0.29) is 18.5 Å². The first-order valence-corrected chi connectivity index (χ1v) is 15.2. The number of rotatable bonds is 14. The van der Waals surface area contributed by atoms with Gasteiger partial charge < -0.3 is 0 Å². The van der Waals surface area contributed by atoms with Gasteiger partial charge in [0.15, 0.2) is 0 Å². The van der Waals surface area contributed by atoms with Gasteiger partial charge in [-0.25, -0.2) is 0 Å². The van der Waals surface area contributed by atoms with E-state index in [0.717, 1.165) is 32.3 Å². The Morgan fingerprint density at radius 2 is 1.54 bits per heavy atom. The summed E-state index contributed by atoms with van der Waals surface area (Å²) in [7, 11) is -4.47. The molecule has 0 unspecified atom stereocenters. The van der Waals surface area contributed by atoms with Gasteiger partial charge in [-0.1, -0.05) is 6.92 Å². The summed E-state index contributed by atoms with van der Waals surface area (Å²) in [6.45, 7) is 9.16. The minimum absolute atomic E-state index is 0.0410. The number of carbonyl (C=O) groups excluding carboxylic acids is 1. The van der Waals surface area contributed by atoms with E-state index in [9.17, 15) is 9.69 Å². The number of carbonyl (C=O) groups is 1. The fourth-order valence-electron chi connectivity index (χ4n) is 3.78. The Bertz CT molecular complexity index is 987. The van der Waals surface area contributed by atoms with Crippen LogP contribution >= 0.6 is 8.17 Å². The zero-order valence-corrected chi connectivity index (χ0v) is 24.3. The van der Waals surface area contributed by atoms with Gasteiger partial charge in [0.2, 0.25) is 0 Å². The Kier molecular flexibility index (Phi) is 11.7. The first kappa shape index (κ1) is 30.5. The molecule has 1 amide bonds. The van der Waals surface area contributed by atoms with Gasteiger partial charge in [0.25, 0.3) is 0 Å². The van der Waals surface area contributed by atoms with Crippen molar-refractivity contribution in [1.29, 1.82) is 0 Å². The molecule has 1 atom stereocenters. The van der Waals surface area contributed by atoms with Crippen molar-refractivity contribution >= 4 is 14.3 Å². The summed E-state index contributed by atoms with van der Waals surface area (Å²) in [6, 6.07) is 17.1. The van der Waals surface area contributed by atoms with Crippen LogP contribution in [-0.4, -0.2) is 47.4 Å². The molecule has 0 aromatic heterocycles. The van der Waals surface area contributed by atoms with E-state index in [0.29, 0.717) is 24.5 Å². The molecule has 0 fully saturated rings. The van der Waals surface area contributed by atoms with Crippen LogP contribution in [0.3, 0.4) is 0 Å². The summed E-state index contributed by atoms with van der Waals surface area (Å²) >= 11 is 0. The number of para-hydroxylation sites is 2. The molecule has 1 aliphatic rings. The molecule has 1 heterocycles. The van der Waals surface area contributed by atoms with E-state index in [4.69, 9.17) is 27.8 Å². The van der Waals surface area contributed by atoms with Gasteiger partial charge in [-0.05, 0) is 0 Å². The monoisotopic (exact) mass is 563 g/mol. The van der Waals surface area contributed by atoms with Crippen LogP contribution in [0.1, 0.15) is 59.8 Å². The van der Waals surface area contributed by atoms with E-state index in [1.54, 1.807) is 69.3 Å². The Morgan fingerprint density at radius 3 is 2.10 bits per heavy atom. The molecule has 0 bridgehead atoms. The molecule has 0 aliphatic carbocycles. The standard InChI is InChI=1S/C29H42NO8P/c1-5-6-20-33-21-14-13-15-24-22-34-23-27(30(24)28(31)35-29(2,3)4)38-39(32,36-25-16-9-7-10-17-25)37-26-18-11-8-12-19-26/h7-12,16-19,23-24,32,39H,5-6,13-15,20-22H2,1-4H3/t24-/m1/s1. The molecular weight excluding hydrogens is 521 g/mol. The molecule has 0 saturated carbocycles. The molecule has 2 aromatic carbocycles. The number of benzene rings is 2. The molecule has 216 valence electrons. The summed E-state index contributed by atoms with van der Waals surface area (Å²) in [5.41, 5.74) is -0.743. The SMILES string of the molecule is CCCCOCCCC[C@@H]1COC=C(O[PH](O)(Oc2ccccc2)Oc2ccccc2)N1C(=O)OC(C)(C)C. The van der Waals surface area contributed by atoms with Gasteiger partial charge in [-0.2, -0.15) is 0 Å². The van der Waals surface area contributed by atoms with Crippen LogP contribution in [0.4, 0.5) is 4.79 Å². The van der Waals surface area contributed by atoms with Crippen molar-refractivity contribution in [1.82, 2.24) is 4.90 Å². The second-order valence-electron chi connectivity index (χ2n) is 10.2. The van der Waals surface area contributed by atoms with Crippen LogP contribution in [0.2, 0.25) is 0 Å². The van der Waals surface area contributed by atoms with E-state index in [1.165, 1.54) is 11.2 Å². The fourth-order valence-corrected chi connectivity index (χ4v) is 5.18. The van der Waals surface area contributed by atoms with Crippen LogP contribution in [0, 0.1) is 0 Å². The van der Waals surface area contributed by atoms with Gasteiger partial charge in [0.05, 0.1) is 0 Å². The summed E-state index contributed by atoms with van der Waals surface area (Å²) < 4.78 is 34.8. The zero-order valence-electron chi connectivity index (χ0n) is 23.3. The zero-order chi connectivity index (χ0) is 28.1. The topological polar surface area (TPSA) is 95.9 Å². The van der Waals surface area contributed by atoms with E-state index < -0.39 is 19.9 Å². The van der Waals surface area contributed by atoms with Gasteiger partial charge >= 0.3 is 225 Å². The average molecular weight is 564 g/mol. The molecule has 0 saturated heterocycles. The van der Waals surface area contributed by atoms with Crippen molar-refractivity contribution in [3.63, 3.8) is 0 Å². The molecule has 0 spiro atoms. The van der Waals surface area contributed by atoms with Crippen LogP contribution in [0.25, 0.3) is 0 Å². The maximum absolute atomic E-state index is 13.4. The first-order chi connectivity index (χ1) is 18.7. The van der Waals surface area contributed by atoms with Crippen molar-refractivity contribution in [2.45, 2.75) is 71.4 Å². The predicted molar refractivity (Wildman–Crippen MR) is 151 cm³/mol. The quantitative estimate of drug-likeness (QED) is 0.194. The second-order valence-corrected chi connectivity index (χ2v) is 11.9.